The zero-order valence-corrected chi connectivity index (χ0v) is 16.8. The Morgan fingerprint density at radius 2 is 2.04 bits per heavy atom. The average Bonchev–Trinajstić information content (AvgIpc) is 2.93. The largest absolute Gasteiger partial charge is 0.488 e. The van der Waals surface area contributed by atoms with E-state index in [-0.39, 0.29) is 5.60 Å². The van der Waals surface area contributed by atoms with Crippen LogP contribution in [0.25, 0.3) is 0 Å². The number of hydrogen-bond donors (Lipinski definition) is 1. The van der Waals surface area contributed by atoms with Gasteiger partial charge in [0, 0.05) is 31.6 Å². The number of nitrogens with zero attached hydrogens (tertiary/aromatic N) is 3. The Balaban J connectivity index is 2.01. The lowest BCUT2D eigenvalue weighted by atomic mass is 10.1. The van der Waals surface area contributed by atoms with Crippen molar-refractivity contribution >= 4 is 17.3 Å². The van der Waals surface area contributed by atoms with Crippen LogP contribution in [0.4, 0.5) is 0 Å². The molecule has 0 aliphatic heterocycles. The topological polar surface area (TPSA) is 49.8 Å². The first-order valence-corrected chi connectivity index (χ1v) is 9.26. The minimum atomic E-state index is -0.225. The van der Waals surface area contributed by atoms with Gasteiger partial charge in [-0.05, 0) is 33.8 Å². The fraction of sp³-hybridized carbons (Fsp3) is 0.474. The number of ether oxygens (including phenoxy) is 1. The number of rotatable bonds is 5. The highest BCUT2D eigenvalue weighted by atomic mass is 32.1. The third-order valence-electron chi connectivity index (χ3n) is 3.46. The second-order valence-electron chi connectivity index (χ2n) is 6.94. The first-order valence-electron chi connectivity index (χ1n) is 8.38. The molecule has 1 heterocycles. The van der Waals surface area contributed by atoms with Crippen molar-refractivity contribution in [1.29, 1.82) is 0 Å². The molecule has 136 valence electrons. The van der Waals surface area contributed by atoms with Crippen LogP contribution in [0.5, 0.6) is 5.75 Å². The standard InChI is InChI=1S/C19H28N4OS/c1-14-22-16(13-25-14)12-23(6)18(20-5)21-11-15-9-7-8-10-17(15)24-19(2,3)4/h7-10,13H,11-12H2,1-6H3,(H,20,21). The summed E-state index contributed by atoms with van der Waals surface area (Å²) in [4.78, 5) is 11.0. The highest BCUT2D eigenvalue weighted by molar-refractivity contribution is 7.09. The molecule has 0 saturated heterocycles. The number of para-hydroxylation sites is 1. The number of aryl methyl sites for hydroxylation is 1. The van der Waals surface area contributed by atoms with Gasteiger partial charge in [0.2, 0.25) is 0 Å². The van der Waals surface area contributed by atoms with E-state index in [0.717, 1.165) is 34.5 Å². The Bertz CT molecular complexity index is 718. The number of hydrogen-bond acceptors (Lipinski definition) is 4. The van der Waals surface area contributed by atoms with E-state index in [1.54, 1.807) is 18.4 Å². The van der Waals surface area contributed by atoms with Gasteiger partial charge in [-0.3, -0.25) is 4.99 Å². The SMILES string of the molecule is CN=C(NCc1ccccc1OC(C)(C)C)N(C)Cc1csc(C)n1. The lowest BCUT2D eigenvalue weighted by Crippen LogP contribution is -2.38. The minimum Gasteiger partial charge on any atom is -0.488 e. The monoisotopic (exact) mass is 360 g/mol. The molecule has 0 aliphatic carbocycles. The van der Waals surface area contributed by atoms with Crippen LogP contribution in [-0.2, 0) is 13.1 Å². The quantitative estimate of drug-likeness (QED) is 0.650. The van der Waals surface area contributed by atoms with E-state index in [1.165, 1.54) is 0 Å². The van der Waals surface area contributed by atoms with E-state index in [0.29, 0.717) is 6.54 Å². The molecule has 0 saturated carbocycles. The molecule has 1 N–H and O–H groups in total. The van der Waals surface area contributed by atoms with Crippen molar-refractivity contribution in [2.45, 2.75) is 46.4 Å². The molecule has 1 aromatic carbocycles. The van der Waals surface area contributed by atoms with Crippen LogP contribution in [0.15, 0.2) is 34.6 Å². The predicted octanol–water partition coefficient (Wildman–Crippen LogP) is 3.84. The fourth-order valence-corrected chi connectivity index (χ4v) is 3.04. The Morgan fingerprint density at radius 3 is 2.64 bits per heavy atom. The van der Waals surface area contributed by atoms with Crippen molar-refractivity contribution < 1.29 is 4.74 Å². The van der Waals surface area contributed by atoms with Crippen molar-refractivity contribution in [3.05, 3.63) is 45.9 Å². The highest BCUT2D eigenvalue weighted by Crippen LogP contribution is 2.22. The molecule has 2 rings (SSSR count). The zero-order chi connectivity index (χ0) is 18.4. The number of thiazole rings is 1. The van der Waals surface area contributed by atoms with Crippen molar-refractivity contribution in [3.8, 4) is 5.75 Å². The lowest BCUT2D eigenvalue weighted by Gasteiger charge is -2.25. The van der Waals surface area contributed by atoms with E-state index in [2.05, 4.69) is 52.4 Å². The molecule has 0 fully saturated rings. The number of aliphatic imine (C=N–C) groups is 1. The van der Waals surface area contributed by atoms with Crippen LogP contribution in [0.1, 0.15) is 37.0 Å². The van der Waals surface area contributed by atoms with Crippen LogP contribution in [-0.4, -0.2) is 35.5 Å². The molecular weight excluding hydrogens is 332 g/mol. The summed E-state index contributed by atoms with van der Waals surface area (Å²) in [7, 11) is 3.81. The third kappa shape index (κ3) is 6.05. The van der Waals surface area contributed by atoms with Crippen molar-refractivity contribution in [3.63, 3.8) is 0 Å². The molecule has 5 nitrogen and oxygen atoms in total. The van der Waals surface area contributed by atoms with Gasteiger partial charge in [0.25, 0.3) is 0 Å². The maximum atomic E-state index is 6.06. The molecule has 1 aromatic heterocycles. The van der Waals surface area contributed by atoms with Gasteiger partial charge < -0.3 is 15.0 Å². The fourth-order valence-electron chi connectivity index (χ4n) is 2.44. The van der Waals surface area contributed by atoms with Crippen LogP contribution in [0, 0.1) is 6.92 Å². The molecule has 0 unspecified atom stereocenters. The maximum absolute atomic E-state index is 6.06. The first kappa shape index (κ1) is 19.2. The van der Waals surface area contributed by atoms with Gasteiger partial charge in [-0.15, -0.1) is 11.3 Å². The first-order chi connectivity index (χ1) is 11.8. The molecule has 0 aliphatic rings. The molecule has 0 radical (unpaired) electrons. The number of guanidine groups is 1. The van der Waals surface area contributed by atoms with Crippen LogP contribution in [0.2, 0.25) is 0 Å². The second-order valence-corrected chi connectivity index (χ2v) is 8.00. The summed E-state index contributed by atoms with van der Waals surface area (Å²) in [6.45, 7) is 9.57. The summed E-state index contributed by atoms with van der Waals surface area (Å²) in [5, 5.41) is 6.58. The van der Waals surface area contributed by atoms with Crippen molar-refractivity contribution in [2.75, 3.05) is 14.1 Å². The smallest absolute Gasteiger partial charge is 0.194 e. The predicted molar refractivity (Wildman–Crippen MR) is 105 cm³/mol. The summed E-state index contributed by atoms with van der Waals surface area (Å²) in [5.41, 5.74) is 1.94. The van der Waals surface area contributed by atoms with E-state index >= 15 is 0 Å². The van der Waals surface area contributed by atoms with Gasteiger partial charge in [0.15, 0.2) is 5.96 Å². The number of benzene rings is 1. The van der Waals surface area contributed by atoms with Gasteiger partial charge in [0.1, 0.15) is 11.4 Å². The minimum absolute atomic E-state index is 0.225. The zero-order valence-electron chi connectivity index (χ0n) is 16.0. The van der Waals surface area contributed by atoms with Crippen LogP contribution >= 0.6 is 11.3 Å². The Hall–Kier alpha value is -2.08. The summed E-state index contributed by atoms with van der Waals surface area (Å²) in [6.07, 6.45) is 0. The molecule has 0 amide bonds. The van der Waals surface area contributed by atoms with E-state index in [4.69, 9.17) is 4.74 Å². The summed E-state index contributed by atoms with van der Waals surface area (Å²) in [5.74, 6) is 1.73. The van der Waals surface area contributed by atoms with Gasteiger partial charge in [-0.1, -0.05) is 18.2 Å². The molecule has 0 spiro atoms. The molecular formula is C19H28N4OS. The molecule has 0 bridgehead atoms. The summed E-state index contributed by atoms with van der Waals surface area (Å²) >= 11 is 1.67. The van der Waals surface area contributed by atoms with Crippen LogP contribution in [0.3, 0.4) is 0 Å². The Morgan fingerprint density at radius 1 is 1.32 bits per heavy atom. The van der Waals surface area contributed by atoms with Gasteiger partial charge in [-0.25, -0.2) is 4.98 Å². The average molecular weight is 361 g/mol. The summed E-state index contributed by atoms with van der Waals surface area (Å²) < 4.78 is 6.06. The maximum Gasteiger partial charge on any atom is 0.194 e. The van der Waals surface area contributed by atoms with Crippen LogP contribution < -0.4 is 10.1 Å². The van der Waals surface area contributed by atoms with E-state index < -0.39 is 0 Å². The molecule has 25 heavy (non-hydrogen) atoms. The molecule has 2 aromatic rings. The highest BCUT2D eigenvalue weighted by Gasteiger charge is 2.15. The second kappa shape index (κ2) is 8.34. The van der Waals surface area contributed by atoms with Gasteiger partial charge in [-0.2, -0.15) is 0 Å². The third-order valence-corrected chi connectivity index (χ3v) is 4.29. The van der Waals surface area contributed by atoms with Gasteiger partial charge >= 0.3 is 0 Å². The molecule has 6 heteroatoms. The molecule has 0 atom stereocenters. The Kier molecular flexibility index (Phi) is 6.42. The van der Waals surface area contributed by atoms with Gasteiger partial charge in [0.05, 0.1) is 17.2 Å². The Labute approximate surface area is 154 Å². The van der Waals surface area contributed by atoms with Crippen molar-refractivity contribution in [2.24, 2.45) is 4.99 Å². The van der Waals surface area contributed by atoms with E-state index in [9.17, 15) is 0 Å². The normalized spacial score (nSPS) is 12.2. The summed E-state index contributed by atoms with van der Waals surface area (Å²) in [6, 6.07) is 8.10. The van der Waals surface area contributed by atoms with E-state index in [1.807, 2.05) is 32.2 Å². The van der Waals surface area contributed by atoms with Crippen molar-refractivity contribution in [1.82, 2.24) is 15.2 Å². The lowest BCUT2D eigenvalue weighted by molar-refractivity contribution is 0.129. The number of aromatic nitrogens is 1. The number of nitrogens with one attached hydrogen (secondary N) is 1.